The number of nitrogens with one attached hydrogen (secondary N) is 2. The topological polar surface area (TPSA) is 109 Å². The number of carbonyl (C=O) groups is 1. The fraction of sp³-hybridized carbons (Fsp3) is 0.389. The summed E-state index contributed by atoms with van der Waals surface area (Å²) in [5.41, 5.74) is -0.261. The van der Waals surface area contributed by atoms with Crippen molar-refractivity contribution in [3.8, 4) is 0 Å². The van der Waals surface area contributed by atoms with E-state index in [2.05, 4.69) is 10.0 Å². The molecule has 0 fully saturated rings. The largest absolute Gasteiger partial charge is 0.469 e. The quantitative estimate of drug-likeness (QED) is 0.651. The summed E-state index contributed by atoms with van der Waals surface area (Å²) in [5, 5.41) is 13.1. The Hall–Kier alpha value is -2.16. The average molecular weight is 380 g/mol. The summed E-state index contributed by atoms with van der Waals surface area (Å²) in [6.45, 7) is 4.76. The van der Waals surface area contributed by atoms with Crippen molar-refractivity contribution in [2.24, 2.45) is 0 Å². The number of sulfonamides is 1. The number of hydrogen-bond acceptors (Lipinski definition) is 5. The monoisotopic (exact) mass is 380 g/mol. The fourth-order valence-electron chi connectivity index (χ4n) is 2.46. The molecule has 1 unspecified atom stereocenters. The van der Waals surface area contributed by atoms with E-state index in [1.807, 2.05) is 0 Å². The van der Waals surface area contributed by atoms with Crippen LogP contribution in [0, 0.1) is 6.92 Å². The van der Waals surface area contributed by atoms with E-state index in [1.54, 1.807) is 32.0 Å². The van der Waals surface area contributed by atoms with Crippen LogP contribution in [0.15, 0.2) is 45.9 Å². The Balaban J connectivity index is 2.08. The van der Waals surface area contributed by atoms with Gasteiger partial charge in [0.15, 0.2) is 0 Å². The van der Waals surface area contributed by atoms with E-state index in [0.717, 1.165) is 0 Å². The van der Waals surface area contributed by atoms with Crippen molar-refractivity contribution < 1.29 is 22.7 Å². The van der Waals surface area contributed by atoms with E-state index in [9.17, 15) is 18.3 Å². The van der Waals surface area contributed by atoms with Gasteiger partial charge in [-0.05, 0) is 49.7 Å². The summed E-state index contributed by atoms with van der Waals surface area (Å²) >= 11 is 0. The van der Waals surface area contributed by atoms with Gasteiger partial charge in [0.1, 0.15) is 5.76 Å². The molecule has 1 aromatic carbocycles. The van der Waals surface area contributed by atoms with Crippen LogP contribution in [0.25, 0.3) is 0 Å². The maximum atomic E-state index is 12.6. The van der Waals surface area contributed by atoms with Gasteiger partial charge in [-0.15, -0.1) is 0 Å². The molecule has 0 aliphatic carbocycles. The molecular weight excluding hydrogens is 356 g/mol. The molecule has 3 N–H and O–H groups in total. The molecule has 0 saturated carbocycles. The third-order valence-corrected chi connectivity index (χ3v) is 5.41. The first kappa shape index (κ1) is 20.2. The number of benzene rings is 1. The lowest BCUT2D eigenvalue weighted by atomic mass is 10.0. The van der Waals surface area contributed by atoms with Crippen molar-refractivity contribution in [3.05, 3.63) is 47.9 Å². The highest BCUT2D eigenvalue weighted by Gasteiger charge is 2.26. The molecule has 1 heterocycles. The molecule has 0 spiro atoms. The standard InChI is InChI=1S/C18H24N2O5S/c1-4-17(21)20-14-7-8-16(13(2)10-14)26(23,24)19-12-18(3,22)11-15-6-5-9-25-15/h5-10,19,22H,4,11-12H2,1-3H3,(H,20,21). The highest BCUT2D eigenvalue weighted by Crippen LogP contribution is 2.21. The van der Waals surface area contributed by atoms with Gasteiger partial charge in [-0.2, -0.15) is 0 Å². The van der Waals surface area contributed by atoms with Crippen LogP contribution in [-0.2, 0) is 21.2 Å². The smallest absolute Gasteiger partial charge is 0.240 e. The predicted octanol–water partition coefficient (Wildman–Crippen LogP) is 2.21. The third kappa shape index (κ3) is 5.42. The Morgan fingerprint density at radius 3 is 2.62 bits per heavy atom. The molecule has 0 aliphatic heterocycles. The maximum Gasteiger partial charge on any atom is 0.240 e. The van der Waals surface area contributed by atoms with E-state index in [1.165, 1.54) is 25.3 Å². The van der Waals surface area contributed by atoms with Crippen LogP contribution in [0.3, 0.4) is 0 Å². The summed E-state index contributed by atoms with van der Waals surface area (Å²) in [5.74, 6) is 0.425. The van der Waals surface area contributed by atoms with Crippen molar-refractivity contribution in [1.82, 2.24) is 4.72 Å². The van der Waals surface area contributed by atoms with Gasteiger partial charge in [-0.1, -0.05) is 6.92 Å². The highest BCUT2D eigenvalue weighted by atomic mass is 32.2. The highest BCUT2D eigenvalue weighted by molar-refractivity contribution is 7.89. The van der Waals surface area contributed by atoms with Crippen molar-refractivity contribution in [2.45, 2.75) is 44.1 Å². The zero-order valence-electron chi connectivity index (χ0n) is 15.1. The molecule has 7 nitrogen and oxygen atoms in total. The summed E-state index contributed by atoms with van der Waals surface area (Å²) < 4.78 is 32.7. The number of anilines is 1. The summed E-state index contributed by atoms with van der Waals surface area (Å²) in [7, 11) is -3.81. The summed E-state index contributed by atoms with van der Waals surface area (Å²) in [6, 6.07) is 8.00. The van der Waals surface area contributed by atoms with Crippen molar-refractivity contribution >= 4 is 21.6 Å². The number of rotatable bonds is 8. The molecular formula is C18H24N2O5S. The molecule has 1 aromatic heterocycles. The zero-order chi connectivity index (χ0) is 19.4. The van der Waals surface area contributed by atoms with Crippen LogP contribution in [0.2, 0.25) is 0 Å². The van der Waals surface area contributed by atoms with E-state index >= 15 is 0 Å². The molecule has 0 radical (unpaired) electrons. The van der Waals surface area contributed by atoms with Crippen LogP contribution in [-0.4, -0.2) is 31.6 Å². The molecule has 142 valence electrons. The van der Waals surface area contributed by atoms with Gasteiger partial charge < -0.3 is 14.8 Å². The minimum absolute atomic E-state index is 0.0980. The molecule has 0 aliphatic rings. The second-order valence-corrected chi connectivity index (χ2v) is 8.20. The molecule has 2 aromatic rings. The molecule has 0 bridgehead atoms. The maximum absolute atomic E-state index is 12.6. The average Bonchev–Trinajstić information content (AvgIpc) is 3.05. The van der Waals surface area contributed by atoms with Gasteiger partial charge >= 0.3 is 0 Å². The second kappa shape index (κ2) is 8.03. The number of aliphatic hydroxyl groups is 1. The van der Waals surface area contributed by atoms with Crippen LogP contribution in [0.4, 0.5) is 5.69 Å². The van der Waals surface area contributed by atoms with Gasteiger partial charge in [0.2, 0.25) is 15.9 Å². The molecule has 1 atom stereocenters. The molecule has 8 heteroatoms. The van der Waals surface area contributed by atoms with Crippen LogP contribution >= 0.6 is 0 Å². The second-order valence-electron chi connectivity index (χ2n) is 6.46. The van der Waals surface area contributed by atoms with Gasteiger partial charge in [-0.3, -0.25) is 4.79 Å². The fourth-order valence-corrected chi connectivity index (χ4v) is 3.84. The number of hydrogen-bond donors (Lipinski definition) is 3. The van der Waals surface area contributed by atoms with Gasteiger partial charge in [0.25, 0.3) is 0 Å². The Morgan fingerprint density at radius 1 is 1.31 bits per heavy atom. The molecule has 2 rings (SSSR count). The first-order valence-electron chi connectivity index (χ1n) is 8.28. The Bertz CT molecular complexity index is 858. The number of furan rings is 1. The minimum Gasteiger partial charge on any atom is -0.469 e. The first-order chi connectivity index (χ1) is 12.1. The van der Waals surface area contributed by atoms with Gasteiger partial charge in [0, 0.05) is 25.1 Å². The van der Waals surface area contributed by atoms with E-state index in [4.69, 9.17) is 4.42 Å². The molecule has 26 heavy (non-hydrogen) atoms. The van der Waals surface area contributed by atoms with Crippen LogP contribution < -0.4 is 10.0 Å². The zero-order valence-corrected chi connectivity index (χ0v) is 15.9. The Kier molecular flexibility index (Phi) is 6.22. The van der Waals surface area contributed by atoms with Gasteiger partial charge in [-0.25, -0.2) is 13.1 Å². The predicted molar refractivity (Wildman–Crippen MR) is 98.3 cm³/mol. The lowest BCUT2D eigenvalue weighted by Gasteiger charge is -2.23. The Morgan fingerprint density at radius 2 is 2.04 bits per heavy atom. The normalized spacial score (nSPS) is 14.0. The van der Waals surface area contributed by atoms with E-state index in [0.29, 0.717) is 23.4 Å². The van der Waals surface area contributed by atoms with Crippen molar-refractivity contribution in [1.29, 1.82) is 0 Å². The van der Waals surface area contributed by atoms with Crippen molar-refractivity contribution in [3.63, 3.8) is 0 Å². The number of aryl methyl sites for hydroxylation is 1. The van der Waals surface area contributed by atoms with Gasteiger partial charge in [0.05, 0.1) is 16.8 Å². The van der Waals surface area contributed by atoms with Crippen molar-refractivity contribution in [2.75, 3.05) is 11.9 Å². The Labute approximate surface area is 153 Å². The summed E-state index contributed by atoms with van der Waals surface area (Å²) in [6.07, 6.45) is 2.02. The van der Waals surface area contributed by atoms with Crippen LogP contribution in [0.1, 0.15) is 31.6 Å². The lowest BCUT2D eigenvalue weighted by molar-refractivity contribution is -0.115. The number of carbonyl (C=O) groups excluding carboxylic acids is 1. The molecule has 1 amide bonds. The van der Waals surface area contributed by atoms with E-state index < -0.39 is 15.6 Å². The lowest BCUT2D eigenvalue weighted by Crippen LogP contribution is -2.42. The summed E-state index contributed by atoms with van der Waals surface area (Å²) in [4.78, 5) is 11.5. The first-order valence-corrected chi connectivity index (χ1v) is 9.76. The van der Waals surface area contributed by atoms with Crippen LogP contribution in [0.5, 0.6) is 0 Å². The van der Waals surface area contributed by atoms with E-state index in [-0.39, 0.29) is 23.8 Å². The number of amides is 1. The SMILES string of the molecule is CCC(=O)Nc1ccc(S(=O)(=O)NCC(C)(O)Cc2ccco2)c(C)c1. The minimum atomic E-state index is -3.81. The third-order valence-electron chi connectivity index (χ3n) is 3.85. The molecule has 0 saturated heterocycles.